The third-order valence-electron chi connectivity index (χ3n) is 4.36. The topological polar surface area (TPSA) is 92.6 Å². The Labute approximate surface area is 152 Å². The number of hydrogen-bond donors (Lipinski definition) is 1. The summed E-state index contributed by atoms with van der Waals surface area (Å²) in [5.41, 5.74) is 1.51. The minimum absolute atomic E-state index is 0.0378. The van der Waals surface area contributed by atoms with Crippen LogP contribution in [0.4, 0.5) is 5.69 Å². The molecule has 8 heteroatoms. The third-order valence-corrected chi connectivity index (χ3v) is 6.28. The fourth-order valence-electron chi connectivity index (χ4n) is 3.00. The summed E-state index contributed by atoms with van der Waals surface area (Å²) in [7, 11) is -3.80. The molecule has 1 heterocycles. The zero-order valence-electron chi connectivity index (χ0n) is 14.0. The van der Waals surface area contributed by atoms with Crippen molar-refractivity contribution in [2.75, 3.05) is 13.1 Å². The van der Waals surface area contributed by atoms with Gasteiger partial charge in [-0.1, -0.05) is 36.9 Å². The standard InChI is InChI=1S/C18H19N3O4S/c1-14-18(13-15-5-3-2-4-6-15)20(12-11-19-14)26(24,25)17-9-7-16(8-10-17)21(22)23/h2-10,18-19H,1,11-13H2. The van der Waals surface area contributed by atoms with Crippen molar-refractivity contribution in [3.05, 3.63) is 82.6 Å². The molecule has 26 heavy (non-hydrogen) atoms. The number of rotatable bonds is 5. The van der Waals surface area contributed by atoms with Gasteiger partial charge in [0.05, 0.1) is 15.9 Å². The fourth-order valence-corrected chi connectivity index (χ4v) is 4.62. The molecular weight excluding hydrogens is 354 g/mol. The van der Waals surface area contributed by atoms with Crippen LogP contribution >= 0.6 is 0 Å². The van der Waals surface area contributed by atoms with Crippen LogP contribution in [-0.2, 0) is 16.4 Å². The van der Waals surface area contributed by atoms with Crippen LogP contribution in [0.2, 0.25) is 0 Å². The third kappa shape index (κ3) is 3.61. The van der Waals surface area contributed by atoms with Crippen molar-refractivity contribution in [1.29, 1.82) is 0 Å². The van der Waals surface area contributed by atoms with Gasteiger partial charge < -0.3 is 5.32 Å². The van der Waals surface area contributed by atoms with Gasteiger partial charge in [-0.3, -0.25) is 10.1 Å². The Hall–Kier alpha value is -2.71. The Bertz CT molecular complexity index is 911. The molecule has 1 aliphatic rings. The average Bonchev–Trinajstić information content (AvgIpc) is 2.64. The molecule has 0 aromatic heterocycles. The highest BCUT2D eigenvalue weighted by atomic mass is 32.2. The molecule has 2 aromatic rings. The Balaban J connectivity index is 1.92. The molecule has 0 saturated carbocycles. The Kier molecular flexibility index (Phi) is 5.06. The van der Waals surface area contributed by atoms with E-state index in [1.165, 1.54) is 28.6 Å². The van der Waals surface area contributed by atoms with E-state index in [-0.39, 0.29) is 10.6 Å². The van der Waals surface area contributed by atoms with Crippen molar-refractivity contribution >= 4 is 15.7 Å². The van der Waals surface area contributed by atoms with E-state index in [4.69, 9.17) is 0 Å². The lowest BCUT2D eigenvalue weighted by molar-refractivity contribution is -0.384. The minimum Gasteiger partial charge on any atom is -0.386 e. The molecule has 0 spiro atoms. The van der Waals surface area contributed by atoms with Crippen LogP contribution in [0.3, 0.4) is 0 Å². The van der Waals surface area contributed by atoms with Crippen molar-refractivity contribution in [2.45, 2.75) is 17.4 Å². The van der Waals surface area contributed by atoms with Crippen LogP contribution in [0, 0.1) is 10.1 Å². The molecule has 0 bridgehead atoms. The second kappa shape index (κ2) is 7.27. The highest BCUT2D eigenvalue weighted by molar-refractivity contribution is 7.89. The predicted molar refractivity (Wildman–Crippen MR) is 98.1 cm³/mol. The number of non-ortho nitro benzene ring substituents is 1. The van der Waals surface area contributed by atoms with Gasteiger partial charge >= 0.3 is 0 Å². The summed E-state index contributed by atoms with van der Waals surface area (Å²) in [6.45, 7) is 4.75. The van der Waals surface area contributed by atoms with Crippen LogP contribution in [0.15, 0.2) is 71.8 Å². The van der Waals surface area contributed by atoms with E-state index in [9.17, 15) is 18.5 Å². The molecule has 7 nitrogen and oxygen atoms in total. The van der Waals surface area contributed by atoms with Crippen LogP contribution in [0.25, 0.3) is 0 Å². The summed E-state index contributed by atoms with van der Waals surface area (Å²) in [4.78, 5) is 10.3. The highest BCUT2D eigenvalue weighted by Crippen LogP contribution is 2.26. The summed E-state index contributed by atoms with van der Waals surface area (Å²) in [6, 6.07) is 14.1. The van der Waals surface area contributed by atoms with Gasteiger partial charge in [-0.15, -0.1) is 0 Å². The average molecular weight is 373 g/mol. The van der Waals surface area contributed by atoms with Gasteiger partial charge in [-0.2, -0.15) is 4.31 Å². The lowest BCUT2D eigenvalue weighted by Crippen LogP contribution is -2.52. The monoisotopic (exact) mass is 373 g/mol. The number of nitrogens with zero attached hydrogens (tertiary/aromatic N) is 2. The molecule has 1 fully saturated rings. The fraction of sp³-hybridized carbons (Fsp3) is 0.222. The summed E-state index contributed by atoms with van der Waals surface area (Å²) in [5.74, 6) is 0. The smallest absolute Gasteiger partial charge is 0.269 e. The number of nitro benzene ring substituents is 1. The zero-order valence-corrected chi connectivity index (χ0v) is 14.9. The van der Waals surface area contributed by atoms with E-state index in [0.717, 1.165) is 5.56 Å². The van der Waals surface area contributed by atoms with Crippen molar-refractivity contribution in [3.63, 3.8) is 0 Å². The summed E-state index contributed by atoms with van der Waals surface area (Å²) in [6.07, 6.45) is 0.499. The van der Waals surface area contributed by atoms with Crippen molar-refractivity contribution in [2.24, 2.45) is 0 Å². The molecule has 2 aromatic carbocycles. The Morgan fingerprint density at radius 3 is 2.42 bits per heavy atom. The molecule has 1 unspecified atom stereocenters. The lowest BCUT2D eigenvalue weighted by Gasteiger charge is -2.37. The first kappa shape index (κ1) is 18.1. The Morgan fingerprint density at radius 1 is 1.15 bits per heavy atom. The van der Waals surface area contributed by atoms with E-state index < -0.39 is 21.0 Å². The number of piperazine rings is 1. The van der Waals surface area contributed by atoms with Crippen molar-refractivity contribution < 1.29 is 13.3 Å². The Morgan fingerprint density at radius 2 is 1.81 bits per heavy atom. The second-order valence-corrected chi connectivity index (χ2v) is 7.91. The van der Waals surface area contributed by atoms with Gasteiger partial charge in [0.15, 0.2) is 0 Å². The van der Waals surface area contributed by atoms with Gasteiger partial charge in [0, 0.05) is 30.9 Å². The number of nitro groups is 1. The summed E-state index contributed by atoms with van der Waals surface area (Å²) < 4.78 is 27.6. The molecule has 1 atom stereocenters. The maximum absolute atomic E-state index is 13.1. The molecule has 1 aliphatic heterocycles. The normalized spacial score (nSPS) is 18.3. The van der Waals surface area contributed by atoms with Crippen LogP contribution < -0.4 is 5.32 Å². The van der Waals surface area contributed by atoms with Gasteiger partial charge in [0.25, 0.3) is 5.69 Å². The van der Waals surface area contributed by atoms with Gasteiger partial charge in [-0.05, 0) is 24.1 Å². The first-order chi connectivity index (χ1) is 12.4. The number of benzene rings is 2. The zero-order chi connectivity index (χ0) is 18.7. The number of sulfonamides is 1. The van der Waals surface area contributed by atoms with Crippen molar-refractivity contribution in [3.8, 4) is 0 Å². The maximum Gasteiger partial charge on any atom is 0.269 e. The molecule has 3 rings (SSSR count). The van der Waals surface area contributed by atoms with Crippen molar-refractivity contribution in [1.82, 2.24) is 9.62 Å². The number of hydrogen-bond acceptors (Lipinski definition) is 5. The molecular formula is C18H19N3O4S. The SMILES string of the molecule is C=C1NCCN(S(=O)(=O)c2ccc([N+](=O)[O-])cc2)C1Cc1ccccc1. The first-order valence-corrected chi connectivity index (χ1v) is 9.56. The van der Waals surface area contributed by atoms with E-state index >= 15 is 0 Å². The first-order valence-electron chi connectivity index (χ1n) is 8.12. The number of nitrogens with one attached hydrogen (secondary N) is 1. The molecule has 1 saturated heterocycles. The molecule has 0 radical (unpaired) electrons. The van der Waals surface area contributed by atoms with Gasteiger partial charge in [-0.25, -0.2) is 8.42 Å². The largest absolute Gasteiger partial charge is 0.386 e. The molecule has 1 N–H and O–H groups in total. The van der Waals surface area contributed by atoms with Gasteiger partial charge in [0.1, 0.15) is 0 Å². The van der Waals surface area contributed by atoms with E-state index in [1.54, 1.807) is 0 Å². The highest BCUT2D eigenvalue weighted by Gasteiger charge is 2.35. The summed E-state index contributed by atoms with van der Waals surface area (Å²) in [5, 5.41) is 13.9. The lowest BCUT2D eigenvalue weighted by atomic mass is 10.0. The van der Waals surface area contributed by atoms with Crippen LogP contribution in [0.1, 0.15) is 5.56 Å². The summed E-state index contributed by atoms with van der Waals surface area (Å²) >= 11 is 0. The second-order valence-electron chi connectivity index (χ2n) is 6.02. The predicted octanol–water partition coefficient (Wildman–Crippen LogP) is 2.31. The molecule has 0 amide bonds. The quantitative estimate of drug-likeness (QED) is 0.641. The minimum atomic E-state index is -3.80. The van der Waals surface area contributed by atoms with Gasteiger partial charge in [0.2, 0.25) is 10.0 Å². The van der Waals surface area contributed by atoms with E-state index in [0.29, 0.717) is 25.2 Å². The van der Waals surface area contributed by atoms with Crippen LogP contribution in [0.5, 0.6) is 0 Å². The molecule has 136 valence electrons. The van der Waals surface area contributed by atoms with Crippen LogP contribution in [-0.4, -0.2) is 36.8 Å². The molecule has 0 aliphatic carbocycles. The maximum atomic E-state index is 13.1. The van der Waals surface area contributed by atoms with E-state index in [1.807, 2.05) is 30.3 Å². The van der Waals surface area contributed by atoms with E-state index in [2.05, 4.69) is 11.9 Å².